The van der Waals surface area contributed by atoms with Gasteiger partial charge in [-0.15, -0.1) is 0 Å². The summed E-state index contributed by atoms with van der Waals surface area (Å²) in [6, 6.07) is 28.7. The Morgan fingerprint density at radius 3 is 1.80 bits per heavy atom. The molecule has 0 aromatic heterocycles. The Bertz CT molecular complexity index is 1050. The average molecular weight is 492 g/mol. The van der Waals surface area contributed by atoms with Gasteiger partial charge in [0.05, 0.1) is 19.1 Å². The lowest BCUT2D eigenvalue weighted by Crippen LogP contribution is -2.67. The minimum Gasteiger partial charge on any atom is -0.481 e. The fraction of sp³-hybridized carbons (Fsp3) is 0.286. The number of carboxylic acids is 1. The molecular formula is C28H33NO5Si. The van der Waals surface area contributed by atoms with Crippen LogP contribution in [-0.4, -0.2) is 38.1 Å². The lowest BCUT2D eigenvalue weighted by Gasteiger charge is -2.43. The van der Waals surface area contributed by atoms with Crippen molar-refractivity contribution in [1.29, 1.82) is 0 Å². The minimum atomic E-state index is -2.87. The highest BCUT2D eigenvalue weighted by Gasteiger charge is 2.50. The van der Waals surface area contributed by atoms with E-state index < -0.39 is 26.4 Å². The van der Waals surface area contributed by atoms with Crippen molar-refractivity contribution in [2.75, 3.05) is 6.61 Å². The number of hydrogen-bond acceptors (Lipinski definition) is 4. The maximum atomic E-state index is 12.5. The molecule has 6 nitrogen and oxygen atoms in total. The maximum absolute atomic E-state index is 12.5. The van der Waals surface area contributed by atoms with Gasteiger partial charge in [-0.3, -0.25) is 4.79 Å². The van der Waals surface area contributed by atoms with Crippen molar-refractivity contribution < 1.29 is 23.9 Å². The lowest BCUT2D eigenvalue weighted by molar-refractivity contribution is -0.137. The Morgan fingerprint density at radius 1 is 0.857 bits per heavy atom. The van der Waals surface area contributed by atoms with Crippen LogP contribution in [0.25, 0.3) is 0 Å². The molecule has 0 heterocycles. The van der Waals surface area contributed by atoms with Crippen molar-refractivity contribution in [3.05, 3.63) is 96.6 Å². The van der Waals surface area contributed by atoms with E-state index in [1.807, 2.05) is 66.7 Å². The first-order valence-corrected chi connectivity index (χ1v) is 13.6. The molecule has 1 unspecified atom stereocenters. The van der Waals surface area contributed by atoms with Gasteiger partial charge in [-0.2, -0.15) is 0 Å². The Hall–Kier alpha value is -3.42. The number of aliphatic carboxylic acids is 1. The summed E-state index contributed by atoms with van der Waals surface area (Å²) in [4.78, 5) is 24.1. The van der Waals surface area contributed by atoms with E-state index in [-0.39, 0.29) is 24.7 Å². The second kappa shape index (κ2) is 11.8. The molecule has 0 bridgehead atoms. The summed E-state index contributed by atoms with van der Waals surface area (Å²) in [5.41, 5.74) is 0.848. The summed E-state index contributed by atoms with van der Waals surface area (Å²) >= 11 is 0. The molecule has 0 aliphatic rings. The topological polar surface area (TPSA) is 84.9 Å². The molecule has 0 aliphatic carbocycles. The first-order valence-electron chi connectivity index (χ1n) is 11.7. The summed E-state index contributed by atoms with van der Waals surface area (Å²) < 4.78 is 12.1. The quantitative estimate of drug-likeness (QED) is 0.412. The Balaban J connectivity index is 1.84. The van der Waals surface area contributed by atoms with Crippen LogP contribution in [0, 0.1) is 0 Å². The van der Waals surface area contributed by atoms with Crippen LogP contribution in [0.5, 0.6) is 0 Å². The number of carbonyl (C=O) groups excluding carboxylic acids is 1. The number of hydrogen-bond donors (Lipinski definition) is 2. The molecule has 0 spiro atoms. The second-order valence-electron chi connectivity index (χ2n) is 9.48. The molecule has 0 saturated carbocycles. The van der Waals surface area contributed by atoms with Crippen molar-refractivity contribution in [2.24, 2.45) is 0 Å². The Kier molecular flexibility index (Phi) is 8.84. The highest BCUT2D eigenvalue weighted by Crippen LogP contribution is 2.36. The SMILES string of the molecule is CC(C)(C)[Si](OCC(CC(=O)O)NC(=O)OCc1ccccc1)(c1ccccc1)c1ccccc1. The van der Waals surface area contributed by atoms with Crippen LogP contribution < -0.4 is 15.7 Å². The second-order valence-corrected chi connectivity index (χ2v) is 13.8. The summed E-state index contributed by atoms with van der Waals surface area (Å²) in [7, 11) is -2.87. The molecule has 1 amide bonds. The van der Waals surface area contributed by atoms with E-state index in [0.717, 1.165) is 15.9 Å². The van der Waals surface area contributed by atoms with Gasteiger partial charge in [-0.1, -0.05) is 112 Å². The molecular weight excluding hydrogens is 458 g/mol. The van der Waals surface area contributed by atoms with E-state index in [9.17, 15) is 14.7 Å². The van der Waals surface area contributed by atoms with Crippen LogP contribution in [0.2, 0.25) is 5.04 Å². The molecule has 1 atom stereocenters. The fourth-order valence-electron chi connectivity index (χ4n) is 4.28. The number of ether oxygens (including phenoxy) is 1. The van der Waals surface area contributed by atoms with Gasteiger partial charge in [0, 0.05) is 0 Å². The molecule has 184 valence electrons. The number of amides is 1. The number of nitrogens with one attached hydrogen (secondary N) is 1. The summed E-state index contributed by atoms with van der Waals surface area (Å²) in [6.07, 6.45) is -0.954. The van der Waals surface area contributed by atoms with Crippen LogP contribution in [0.15, 0.2) is 91.0 Å². The normalized spacial score (nSPS) is 12.5. The fourth-order valence-corrected chi connectivity index (χ4v) is 8.89. The van der Waals surface area contributed by atoms with Crippen molar-refractivity contribution in [3.63, 3.8) is 0 Å². The predicted molar refractivity (Wildman–Crippen MR) is 139 cm³/mol. The van der Waals surface area contributed by atoms with Crippen LogP contribution in [-0.2, 0) is 20.6 Å². The van der Waals surface area contributed by atoms with Crippen molar-refractivity contribution in [2.45, 2.75) is 44.9 Å². The third kappa shape index (κ3) is 6.80. The van der Waals surface area contributed by atoms with Crippen molar-refractivity contribution in [1.82, 2.24) is 5.32 Å². The van der Waals surface area contributed by atoms with Crippen LogP contribution in [0.1, 0.15) is 32.8 Å². The smallest absolute Gasteiger partial charge is 0.407 e. The first-order chi connectivity index (χ1) is 16.7. The van der Waals surface area contributed by atoms with Crippen LogP contribution in [0.3, 0.4) is 0 Å². The molecule has 35 heavy (non-hydrogen) atoms. The Labute approximate surface area is 208 Å². The zero-order chi connectivity index (χ0) is 25.3. The average Bonchev–Trinajstić information content (AvgIpc) is 2.84. The lowest BCUT2D eigenvalue weighted by atomic mass is 10.2. The summed E-state index contributed by atoms with van der Waals surface area (Å²) in [6.45, 7) is 6.58. The summed E-state index contributed by atoms with van der Waals surface area (Å²) in [5, 5.41) is 14.1. The van der Waals surface area contributed by atoms with E-state index in [1.54, 1.807) is 0 Å². The van der Waals surface area contributed by atoms with Gasteiger partial charge >= 0.3 is 12.1 Å². The molecule has 3 aromatic rings. The highest BCUT2D eigenvalue weighted by molar-refractivity contribution is 6.99. The van der Waals surface area contributed by atoms with Gasteiger partial charge in [-0.05, 0) is 21.0 Å². The number of carboxylic acid groups (broad SMARTS) is 1. The maximum Gasteiger partial charge on any atom is 0.407 e. The monoisotopic (exact) mass is 491 g/mol. The third-order valence-electron chi connectivity index (χ3n) is 5.87. The highest BCUT2D eigenvalue weighted by atomic mass is 28.4. The standard InChI is InChI=1S/C28H33NO5Si/c1-28(2,3)35(24-15-9-5-10-16-24,25-17-11-6-12-18-25)34-21-23(19-26(30)31)29-27(32)33-20-22-13-7-4-8-14-22/h4-18,23H,19-21H2,1-3H3,(H,29,32)(H,30,31). The zero-order valence-electron chi connectivity index (χ0n) is 20.4. The van der Waals surface area contributed by atoms with Gasteiger partial charge in [-0.25, -0.2) is 4.79 Å². The molecule has 0 fully saturated rings. The molecule has 0 radical (unpaired) electrons. The largest absolute Gasteiger partial charge is 0.481 e. The Morgan fingerprint density at radius 2 is 1.34 bits per heavy atom. The van der Waals surface area contributed by atoms with Gasteiger partial charge < -0.3 is 19.6 Å². The van der Waals surface area contributed by atoms with Gasteiger partial charge in [0.15, 0.2) is 0 Å². The minimum absolute atomic E-state index is 0.0417. The number of rotatable bonds is 10. The summed E-state index contributed by atoms with van der Waals surface area (Å²) in [5.74, 6) is -1.02. The zero-order valence-corrected chi connectivity index (χ0v) is 21.4. The molecule has 2 N–H and O–H groups in total. The van der Waals surface area contributed by atoms with Crippen LogP contribution in [0.4, 0.5) is 4.79 Å². The number of alkyl carbamates (subject to hydrolysis) is 1. The van der Waals surface area contributed by atoms with Crippen LogP contribution >= 0.6 is 0 Å². The van der Waals surface area contributed by atoms with Gasteiger partial charge in [0.2, 0.25) is 0 Å². The first kappa shape index (κ1) is 26.2. The molecule has 3 aromatic carbocycles. The molecule has 7 heteroatoms. The molecule has 0 aliphatic heterocycles. The van der Waals surface area contributed by atoms with E-state index >= 15 is 0 Å². The van der Waals surface area contributed by atoms with E-state index in [4.69, 9.17) is 9.16 Å². The van der Waals surface area contributed by atoms with Crippen molar-refractivity contribution >= 4 is 30.8 Å². The van der Waals surface area contributed by atoms with E-state index in [0.29, 0.717) is 0 Å². The van der Waals surface area contributed by atoms with Gasteiger partial charge in [0.1, 0.15) is 6.61 Å². The predicted octanol–water partition coefficient (Wildman–Crippen LogP) is 4.33. The molecule has 0 saturated heterocycles. The van der Waals surface area contributed by atoms with Crippen molar-refractivity contribution in [3.8, 4) is 0 Å². The number of carbonyl (C=O) groups is 2. The van der Waals surface area contributed by atoms with E-state index in [1.165, 1.54) is 0 Å². The number of benzene rings is 3. The third-order valence-corrected chi connectivity index (χ3v) is 10.9. The van der Waals surface area contributed by atoms with E-state index in [2.05, 4.69) is 50.4 Å². The molecule has 3 rings (SSSR count). The van der Waals surface area contributed by atoms with Gasteiger partial charge in [0.25, 0.3) is 8.32 Å².